The van der Waals surface area contributed by atoms with Crippen LogP contribution in [0.4, 0.5) is 4.79 Å². The van der Waals surface area contributed by atoms with Crippen LogP contribution >= 0.6 is 0 Å². The second-order valence-corrected chi connectivity index (χ2v) is 5.32. The van der Waals surface area contributed by atoms with Gasteiger partial charge in [0.2, 0.25) is 0 Å². The average Bonchev–Trinajstić information content (AvgIpc) is 2.25. The maximum Gasteiger partial charge on any atom is 0.328 e. The summed E-state index contributed by atoms with van der Waals surface area (Å²) in [4.78, 5) is 32.2. The van der Waals surface area contributed by atoms with E-state index in [0.717, 1.165) is 6.08 Å². The van der Waals surface area contributed by atoms with E-state index in [2.05, 4.69) is 5.32 Å². The fourth-order valence-electron chi connectivity index (χ4n) is 0.900. The van der Waals surface area contributed by atoms with Crippen LogP contribution < -0.4 is 10.6 Å². The Bertz CT molecular complexity index is 380. The molecule has 8 heteroatoms. The highest BCUT2D eigenvalue weighted by molar-refractivity contribution is 7.84. The van der Waals surface area contributed by atoms with Crippen molar-refractivity contribution < 1.29 is 23.7 Å². The third kappa shape index (κ3) is 8.45. The number of carbonyl (C=O) groups is 3. The van der Waals surface area contributed by atoms with Gasteiger partial charge in [0.25, 0.3) is 5.91 Å². The number of nitrogens with one attached hydrogen (secondary N) is 2. The van der Waals surface area contributed by atoms with Crippen LogP contribution in [0, 0.1) is 0 Å². The highest BCUT2D eigenvalue weighted by atomic mass is 32.2. The van der Waals surface area contributed by atoms with Gasteiger partial charge >= 0.3 is 12.0 Å². The summed E-state index contributed by atoms with van der Waals surface area (Å²) < 4.78 is 11.0. The largest absolute Gasteiger partial charge is 0.478 e. The van der Waals surface area contributed by atoms with Gasteiger partial charge in [-0.3, -0.25) is 14.3 Å². The number of amides is 3. The molecule has 0 spiro atoms. The highest BCUT2D eigenvalue weighted by Crippen LogP contribution is 1.96. The lowest BCUT2D eigenvalue weighted by Gasteiger charge is -2.09. The van der Waals surface area contributed by atoms with Crippen LogP contribution in [-0.2, 0) is 20.4 Å². The van der Waals surface area contributed by atoms with Crippen LogP contribution in [0.1, 0.15) is 13.3 Å². The van der Waals surface area contributed by atoms with Gasteiger partial charge in [0, 0.05) is 41.0 Å². The number of carboxylic acid groups (broad SMARTS) is 1. The summed E-state index contributed by atoms with van der Waals surface area (Å²) in [5, 5.41) is 12.5. The first-order chi connectivity index (χ1) is 8.32. The van der Waals surface area contributed by atoms with E-state index in [9.17, 15) is 18.6 Å². The minimum atomic E-state index is -1.27. The van der Waals surface area contributed by atoms with Gasteiger partial charge in [-0.1, -0.05) is 6.92 Å². The van der Waals surface area contributed by atoms with E-state index >= 15 is 0 Å². The number of hydrogen-bond donors (Lipinski definition) is 3. The van der Waals surface area contributed by atoms with Gasteiger partial charge < -0.3 is 10.4 Å². The lowest BCUT2D eigenvalue weighted by Crippen LogP contribution is -2.39. The van der Waals surface area contributed by atoms with E-state index in [4.69, 9.17) is 5.11 Å². The molecule has 0 fully saturated rings. The normalized spacial score (nSPS) is 13.9. The Kier molecular flexibility index (Phi) is 7.61. The van der Waals surface area contributed by atoms with Crippen molar-refractivity contribution >= 4 is 28.7 Å². The third-order valence-electron chi connectivity index (χ3n) is 2.02. The highest BCUT2D eigenvalue weighted by Gasteiger charge is 2.08. The molecule has 3 N–H and O–H groups in total. The smallest absolute Gasteiger partial charge is 0.328 e. The monoisotopic (exact) mass is 276 g/mol. The second-order valence-electron chi connectivity index (χ2n) is 3.51. The van der Waals surface area contributed by atoms with Crippen molar-refractivity contribution in [3.63, 3.8) is 0 Å². The zero-order chi connectivity index (χ0) is 14.1. The van der Waals surface area contributed by atoms with E-state index in [-0.39, 0.29) is 11.8 Å². The summed E-state index contributed by atoms with van der Waals surface area (Å²) in [6.45, 7) is 2.07. The Morgan fingerprint density at radius 2 is 1.94 bits per heavy atom. The van der Waals surface area contributed by atoms with Crippen LogP contribution in [0.5, 0.6) is 0 Å². The molecule has 0 heterocycles. The molecule has 18 heavy (non-hydrogen) atoms. The molecule has 0 aromatic heterocycles. The number of carbonyl (C=O) groups excluding carboxylic acids is 2. The number of carboxylic acids is 1. The van der Waals surface area contributed by atoms with E-state index in [1.807, 2.05) is 5.32 Å². The quantitative estimate of drug-likeness (QED) is 0.572. The third-order valence-corrected chi connectivity index (χ3v) is 3.39. The molecule has 3 amide bonds. The molecule has 102 valence electrons. The van der Waals surface area contributed by atoms with Crippen LogP contribution in [0.2, 0.25) is 0 Å². The number of hydrogen-bond acceptors (Lipinski definition) is 4. The Labute approximate surface area is 107 Å². The summed E-state index contributed by atoms with van der Waals surface area (Å²) in [5.74, 6) is -2.09. The summed E-state index contributed by atoms with van der Waals surface area (Å²) in [5.41, 5.74) is 0. The molecule has 7 nitrogen and oxygen atoms in total. The SMILES string of the molecule is CC(CCNC(=O)NC(=O)/C=C/C(=O)O)S(C)=O. The van der Waals surface area contributed by atoms with E-state index < -0.39 is 28.7 Å². The number of imide groups is 1. The number of aliphatic carboxylic acids is 1. The van der Waals surface area contributed by atoms with Crippen molar-refractivity contribution in [2.75, 3.05) is 12.8 Å². The van der Waals surface area contributed by atoms with Crippen molar-refractivity contribution in [2.24, 2.45) is 0 Å². The lowest BCUT2D eigenvalue weighted by atomic mass is 10.3. The van der Waals surface area contributed by atoms with Gasteiger partial charge in [-0.15, -0.1) is 0 Å². The summed E-state index contributed by atoms with van der Waals surface area (Å²) in [6.07, 6.45) is 3.47. The standard InChI is InChI=1S/C10H16N2O5S/c1-7(18(2)17)5-6-11-10(16)12-8(13)3-4-9(14)15/h3-4,7H,5-6H2,1-2H3,(H,14,15)(H2,11,12,13,16)/b4-3+. The van der Waals surface area contributed by atoms with Crippen molar-refractivity contribution in [2.45, 2.75) is 18.6 Å². The molecular formula is C10H16N2O5S. The maximum absolute atomic E-state index is 11.1. The second kappa shape index (κ2) is 8.40. The predicted molar refractivity (Wildman–Crippen MR) is 66.5 cm³/mol. The van der Waals surface area contributed by atoms with Gasteiger partial charge in [0.15, 0.2) is 0 Å². The summed E-state index contributed by atoms with van der Waals surface area (Å²) in [6, 6.07) is -0.718. The fourth-order valence-corrected chi connectivity index (χ4v) is 1.35. The Balaban J connectivity index is 3.88. The minimum absolute atomic E-state index is 0.0482. The first-order valence-corrected chi connectivity index (χ1v) is 6.77. The molecule has 0 aliphatic carbocycles. The maximum atomic E-state index is 11.1. The predicted octanol–water partition coefficient (Wildman–Crippen LogP) is -0.390. The topological polar surface area (TPSA) is 113 Å². The Hall–Kier alpha value is -1.70. The number of rotatable bonds is 6. The average molecular weight is 276 g/mol. The van der Waals surface area contributed by atoms with Gasteiger partial charge in [0.1, 0.15) is 0 Å². The molecule has 0 saturated carbocycles. The van der Waals surface area contributed by atoms with Gasteiger partial charge in [-0.2, -0.15) is 0 Å². The number of urea groups is 1. The summed E-state index contributed by atoms with van der Waals surface area (Å²) >= 11 is 0. The Morgan fingerprint density at radius 3 is 2.44 bits per heavy atom. The molecule has 2 unspecified atom stereocenters. The minimum Gasteiger partial charge on any atom is -0.478 e. The zero-order valence-electron chi connectivity index (χ0n) is 10.1. The zero-order valence-corrected chi connectivity index (χ0v) is 11.0. The molecular weight excluding hydrogens is 260 g/mol. The summed E-state index contributed by atoms with van der Waals surface area (Å²) in [7, 11) is -0.959. The van der Waals surface area contributed by atoms with Crippen molar-refractivity contribution in [1.29, 1.82) is 0 Å². The molecule has 0 saturated heterocycles. The molecule has 0 aromatic carbocycles. The lowest BCUT2D eigenvalue weighted by molar-refractivity contribution is -0.131. The molecule has 0 aromatic rings. The molecule has 0 aliphatic rings. The van der Waals surface area contributed by atoms with Gasteiger partial charge in [0.05, 0.1) is 0 Å². The van der Waals surface area contributed by atoms with Crippen LogP contribution in [0.3, 0.4) is 0 Å². The first-order valence-electron chi connectivity index (χ1n) is 5.15. The van der Waals surface area contributed by atoms with Crippen LogP contribution in [0.25, 0.3) is 0 Å². The van der Waals surface area contributed by atoms with Crippen molar-refractivity contribution in [3.8, 4) is 0 Å². The molecule has 0 aliphatic heterocycles. The van der Waals surface area contributed by atoms with E-state index in [1.165, 1.54) is 0 Å². The van der Waals surface area contributed by atoms with E-state index in [0.29, 0.717) is 12.5 Å². The molecule has 2 atom stereocenters. The fraction of sp³-hybridized carbons (Fsp3) is 0.500. The van der Waals surface area contributed by atoms with Crippen molar-refractivity contribution in [1.82, 2.24) is 10.6 Å². The molecule has 0 rings (SSSR count). The van der Waals surface area contributed by atoms with Gasteiger partial charge in [-0.05, 0) is 6.42 Å². The van der Waals surface area contributed by atoms with Crippen molar-refractivity contribution in [3.05, 3.63) is 12.2 Å². The molecule has 0 bridgehead atoms. The van der Waals surface area contributed by atoms with Crippen LogP contribution in [0.15, 0.2) is 12.2 Å². The molecule has 0 radical (unpaired) electrons. The Morgan fingerprint density at radius 1 is 1.33 bits per heavy atom. The van der Waals surface area contributed by atoms with Gasteiger partial charge in [-0.25, -0.2) is 9.59 Å². The van der Waals surface area contributed by atoms with E-state index in [1.54, 1.807) is 13.2 Å². The van der Waals surface area contributed by atoms with Crippen LogP contribution in [-0.4, -0.2) is 45.3 Å². The first kappa shape index (κ1) is 16.3.